The number of thiophene rings is 1. The summed E-state index contributed by atoms with van der Waals surface area (Å²) in [6.07, 6.45) is 1.52. The predicted octanol–water partition coefficient (Wildman–Crippen LogP) is 3.66. The van der Waals surface area contributed by atoms with Crippen molar-refractivity contribution in [3.05, 3.63) is 65.3 Å². The summed E-state index contributed by atoms with van der Waals surface area (Å²) in [7, 11) is -1.89. The number of halogens is 1. The quantitative estimate of drug-likeness (QED) is 0.700. The fourth-order valence-corrected chi connectivity index (χ4v) is 5.64. The molecule has 0 aliphatic rings. The first kappa shape index (κ1) is 20.1. The van der Waals surface area contributed by atoms with Gasteiger partial charge in [0.25, 0.3) is 0 Å². The van der Waals surface area contributed by atoms with Crippen LogP contribution in [0.3, 0.4) is 0 Å². The van der Waals surface area contributed by atoms with E-state index in [1.165, 1.54) is 17.5 Å². The SMILES string of the molecule is CNCc1cc(-c2cccnc2C#N)c(S(=O)(=O)c2ccccc2)s1.Cl. The van der Waals surface area contributed by atoms with Crippen molar-refractivity contribution in [1.82, 2.24) is 10.3 Å². The van der Waals surface area contributed by atoms with Crippen LogP contribution in [0.2, 0.25) is 0 Å². The number of nitrogens with zero attached hydrogens (tertiary/aromatic N) is 2. The maximum atomic E-state index is 13.1. The Kier molecular flexibility index (Phi) is 6.51. The summed E-state index contributed by atoms with van der Waals surface area (Å²) in [6.45, 7) is 0.546. The minimum atomic E-state index is -3.69. The van der Waals surface area contributed by atoms with Crippen LogP contribution in [0.25, 0.3) is 11.1 Å². The Bertz CT molecular complexity index is 1040. The van der Waals surface area contributed by atoms with Crippen molar-refractivity contribution < 1.29 is 8.42 Å². The van der Waals surface area contributed by atoms with Crippen LogP contribution in [-0.4, -0.2) is 20.4 Å². The molecule has 0 amide bonds. The topological polar surface area (TPSA) is 82.8 Å². The lowest BCUT2D eigenvalue weighted by molar-refractivity contribution is 0.598. The largest absolute Gasteiger partial charge is 0.315 e. The van der Waals surface area contributed by atoms with Crippen LogP contribution >= 0.6 is 23.7 Å². The van der Waals surface area contributed by atoms with E-state index in [1.807, 2.05) is 12.1 Å². The number of nitrogens with one attached hydrogen (secondary N) is 1. The van der Waals surface area contributed by atoms with E-state index in [4.69, 9.17) is 0 Å². The Morgan fingerprint density at radius 3 is 2.54 bits per heavy atom. The lowest BCUT2D eigenvalue weighted by Crippen LogP contribution is -2.02. The number of benzene rings is 1. The molecule has 5 nitrogen and oxygen atoms in total. The van der Waals surface area contributed by atoms with Crippen LogP contribution in [0.5, 0.6) is 0 Å². The summed E-state index contributed by atoms with van der Waals surface area (Å²) < 4.78 is 26.5. The van der Waals surface area contributed by atoms with Crippen molar-refractivity contribution in [3.63, 3.8) is 0 Å². The number of aromatic nitrogens is 1. The van der Waals surface area contributed by atoms with Crippen LogP contribution in [0.1, 0.15) is 10.6 Å². The third-order valence-electron chi connectivity index (χ3n) is 3.60. The second-order valence-corrected chi connectivity index (χ2v) is 8.55. The highest BCUT2D eigenvalue weighted by Gasteiger charge is 2.26. The first-order valence-electron chi connectivity index (χ1n) is 7.51. The summed E-state index contributed by atoms with van der Waals surface area (Å²) >= 11 is 1.21. The number of pyridine rings is 1. The standard InChI is InChI=1S/C18H15N3O2S2.ClH/c1-20-12-13-10-16(15-8-5-9-21-17(15)11-19)18(24-13)25(22,23)14-6-3-2-4-7-14;/h2-10,20H,12H2,1H3;1H. The third kappa shape index (κ3) is 3.79. The average Bonchev–Trinajstić information content (AvgIpc) is 3.07. The van der Waals surface area contributed by atoms with E-state index in [1.54, 1.807) is 49.5 Å². The molecule has 3 rings (SSSR count). The average molecular weight is 406 g/mol. The van der Waals surface area contributed by atoms with E-state index in [9.17, 15) is 13.7 Å². The summed E-state index contributed by atoms with van der Waals surface area (Å²) in [6, 6.07) is 15.6. The van der Waals surface area contributed by atoms with Gasteiger partial charge >= 0.3 is 0 Å². The zero-order chi connectivity index (χ0) is 17.9. The van der Waals surface area contributed by atoms with Crippen LogP contribution in [0.4, 0.5) is 0 Å². The molecule has 0 radical (unpaired) electrons. The Labute approximate surface area is 162 Å². The summed E-state index contributed by atoms with van der Waals surface area (Å²) in [5.41, 5.74) is 1.25. The fraction of sp³-hybridized carbons (Fsp3) is 0.111. The maximum absolute atomic E-state index is 13.1. The lowest BCUT2D eigenvalue weighted by Gasteiger charge is -2.07. The van der Waals surface area contributed by atoms with E-state index >= 15 is 0 Å². The van der Waals surface area contributed by atoms with Crippen LogP contribution < -0.4 is 5.32 Å². The normalized spacial score (nSPS) is 10.8. The molecular weight excluding hydrogens is 390 g/mol. The Balaban J connectivity index is 0.00000243. The van der Waals surface area contributed by atoms with Crippen LogP contribution in [0, 0.1) is 11.3 Å². The lowest BCUT2D eigenvalue weighted by atomic mass is 10.1. The molecule has 0 aliphatic heterocycles. The molecule has 0 spiro atoms. The highest BCUT2D eigenvalue weighted by Crippen LogP contribution is 2.39. The molecule has 1 aromatic carbocycles. The second-order valence-electron chi connectivity index (χ2n) is 5.27. The van der Waals surface area contributed by atoms with Gasteiger partial charge in [0.15, 0.2) is 0 Å². The van der Waals surface area contributed by atoms with Crippen LogP contribution in [0.15, 0.2) is 63.8 Å². The van der Waals surface area contributed by atoms with Gasteiger partial charge in [0, 0.05) is 28.7 Å². The molecule has 0 aliphatic carbocycles. The van der Waals surface area contributed by atoms with Crippen molar-refractivity contribution in [2.45, 2.75) is 15.6 Å². The molecule has 3 aromatic rings. The zero-order valence-corrected chi connectivity index (χ0v) is 16.3. The van der Waals surface area contributed by atoms with Gasteiger partial charge in [-0.25, -0.2) is 13.4 Å². The Hall–Kier alpha value is -2.24. The van der Waals surface area contributed by atoms with Crippen molar-refractivity contribution >= 4 is 33.6 Å². The number of hydrogen-bond acceptors (Lipinski definition) is 6. The van der Waals surface area contributed by atoms with Crippen molar-refractivity contribution in [2.24, 2.45) is 0 Å². The van der Waals surface area contributed by atoms with Crippen molar-refractivity contribution in [3.8, 4) is 17.2 Å². The molecule has 0 saturated heterocycles. The van der Waals surface area contributed by atoms with E-state index in [0.717, 1.165) is 4.88 Å². The summed E-state index contributed by atoms with van der Waals surface area (Å²) in [5.74, 6) is 0. The monoisotopic (exact) mass is 405 g/mol. The number of hydrogen-bond donors (Lipinski definition) is 1. The molecule has 0 saturated carbocycles. The molecule has 0 unspecified atom stereocenters. The second kappa shape index (κ2) is 8.43. The van der Waals surface area contributed by atoms with Gasteiger partial charge in [-0.15, -0.1) is 23.7 Å². The molecule has 8 heteroatoms. The zero-order valence-electron chi connectivity index (χ0n) is 13.8. The van der Waals surface area contributed by atoms with Gasteiger partial charge in [-0.3, -0.25) is 0 Å². The van der Waals surface area contributed by atoms with Crippen molar-refractivity contribution in [2.75, 3.05) is 7.05 Å². The van der Waals surface area contributed by atoms with E-state index in [0.29, 0.717) is 17.7 Å². The number of sulfone groups is 1. The van der Waals surface area contributed by atoms with Gasteiger partial charge in [0.05, 0.1) is 4.90 Å². The molecular formula is C18H16ClN3O2S2. The molecule has 26 heavy (non-hydrogen) atoms. The summed E-state index contributed by atoms with van der Waals surface area (Å²) in [5, 5.41) is 12.4. The summed E-state index contributed by atoms with van der Waals surface area (Å²) in [4.78, 5) is 5.17. The minimum Gasteiger partial charge on any atom is -0.315 e. The molecule has 0 bridgehead atoms. The Morgan fingerprint density at radius 1 is 1.15 bits per heavy atom. The maximum Gasteiger partial charge on any atom is 0.216 e. The molecule has 0 fully saturated rings. The van der Waals surface area contributed by atoms with E-state index in [2.05, 4.69) is 10.3 Å². The molecule has 1 N–H and O–H groups in total. The van der Waals surface area contributed by atoms with Crippen LogP contribution in [-0.2, 0) is 16.4 Å². The number of nitriles is 1. The molecule has 0 atom stereocenters. The molecule has 2 heterocycles. The minimum absolute atomic E-state index is 0. The van der Waals surface area contributed by atoms with E-state index < -0.39 is 9.84 Å². The smallest absolute Gasteiger partial charge is 0.216 e. The van der Waals surface area contributed by atoms with Gasteiger partial charge in [-0.2, -0.15) is 5.26 Å². The molecule has 134 valence electrons. The molecule has 2 aromatic heterocycles. The van der Waals surface area contributed by atoms with Gasteiger partial charge in [-0.1, -0.05) is 18.2 Å². The highest BCUT2D eigenvalue weighted by atomic mass is 35.5. The van der Waals surface area contributed by atoms with Gasteiger partial charge in [-0.05, 0) is 37.4 Å². The fourth-order valence-electron chi connectivity index (χ4n) is 2.49. The third-order valence-corrected chi connectivity index (χ3v) is 7.04. The highest BCUT2D eigenvalue weighted by molar-refractivity contribution is 7.93. The van der Waals surface area contributed by atoms with Gasteiger partial charge < -0.3 is 5.32 Å². The first-order chi connectivity index (χ1) is 12.1. The van der Waals surface area contributed by atoms with Gasteiger partial charge in [0.1, 0.15) is 16.0 Å². The van der Waals surface area contributed by atoms with Gasteiger partial charge in [0.2, 0.25) is 9.84 Å². The number of rotatable bonds is 5. The predicted molar refractivity (Wildman–Crippen MR) is 104 cm³/mol. The van der Waals surface area contributed by atoms with E-state index in [-0.39, 0.29) is 27.2 Å². The first-order valence-corrected chi connectivity index (χ1v) is 9.81. The van der Waals surface area contributed by atoms with Crippen molar-refractivity contribution in [1.29, 1.82) is 5.26 Å². The Morgan fingerprint density at radius 2 is 1.88 bits per heavy atom.